The second kappa shape index (κ2) is 15.1. The van der Waals surface area contributed by atoms with Gasteiger partial charge in [-0.1, -0.05) is 78.9 Å². The van der Waals surface area contributed by atoms with Crippen molar-refractivity contribution in [2.75, 3.05) is 30.5 Å². The molecular weight excluding hydrogens is 588 g/mol. The Morgan fingerprint density at radius 1 is 0.766 bits per heavy atom. The Balaban J connectivity index is 1.17. The lowest BCUT2D eigenvalue weighted by atomic mass is 9.98. The van der Waals surface area contributed by atoms with Gasteiger partial charge in [0.05, 0.1) is 32.1 Å². The number of nitrogens with zero attached hydrogens (tertiary/aromatic N) is 2. The van der Waals surface area contributed by atoms with Crippen LogP contribution in [0.5, 0.6) is 0 Å². The van der Waals surface area contributed by atoms with Gasteiger partial charge in [-0.2, -0.15) is 0 Å². The zero-order valence-corrected chi connectivity index (χ0v) is 26.0. The predicted molar refractivity (Wildman–Crippen MR) is 186 cm³/mol. The normalized spacial score (nSPS) is 11.7. The topological polar surface area (TPSA) is 94.6 Å². The maximum atomic E-state index is 13.1. The average molecular weight is 625 g/mol. The van der Waals surface area contributed by atoms with Crippen LogP contribution in [0.3, 0.4) is 0 Å². The minimum absolute atomic E-state index is 0.0335. The van der Waals surface area contributed by atoms with E-state index in [1.807, 2.05) is 72.8 Å². The lowest BCUT2D eigenvalue weighted by molar-refractivity contribution is 0.149. The maximum absolute atomic E-state index is 13.1. The number of ether oxygens (including phenoxy) is 3. The number of nitrogens with one attached hydrogen (secondary N) is 2. The van der Waals surface area contributed by atoms with Crippen LogP contribution in [0.25, 0.3) is 22.4 Å². The van der Waals surface area contributed by atoms with Gasteiger partial charge < -0.3 is 19.5 Å². The first-order chi connectivity index (χ1) is 23.1. The average Bonchev–Trinajstić information content (AvgIpc) is 3.41. The quantitative estimate of drug-likeness (QED) is 0.0943. The molecule has 2 N–H and O–H groups in total. The summed E-state index contributed by atoms with van der Waals surface area (Å²) < 4.78 is 17.1. The minimum Gasteiger partial charge on any atom is -0.448 e. The van der Waals surface area contributed by atoms with Crippen molar-refractivity contribution in [1.82, 2.24) is 9.97 Å². The summed E-state index contributed by atoms with van der Waals surface area (Å²) in [4.78, 5) is 22.3. The highest BCUT2D eigenvalue weighted by Crippen LogP contribution is 2.44. The van der Waals surface area contributed by atoms with Gasteiger partial charge in [-0.25, -0.2) is 14.8 Å². The standard InChI is InChI=1S/C39H36N4O4/c1-3-18-45-24-27-10-9-11-29(20-27)37-16-17-40-38(43-37)41-30-21-28(25-46-19-4-2)22-31(23-30)42-39(44)47-26-36-34-14-7-5-12-32(34)33-13-6-8-15-35(33)36/h3-17,20-23,36H,1-2,18-19,24-26H2,(H,42,44)(H,40,41,43). The zero-order valence-electron chi connectivity index (χ0n) is 26.0. The molecule has 0 spiro atoms. The fraction of sp³-hybridized carbons (Fsp3) is 0.154. The number of carbonyl (C=O) groups excluding carboxylic acids is 1. The number of hydrogen-bond donors (Lipinski definition) is 2. The molecule has 8 nitrogen and oxygen atoms in total. The first-order valence-electron chi connectivity index (χ1n) is 15.4. The molecule has 236 valence electrons. The molecule has 0 unspecified atom stereocenters. The molecule has 0 saturated heterocycles. The number of benzene rings is 4. The van der Waals surface area contributed by atoms with E-state index < -0.39 is 6.09 Å². The fourth-order valence-electron chi connectivity index (χ4n) is 5.72. The monoisotopic (exact) mass is 624 g/mol. The van der Waals surface area contributed by atoms with Gasteiger partial charge in [0, 0.05) is 29.1 Å². The highest BCUT2D eigenvalue weighted by Gasteiger charge is 2.29. The highest BCUT2D eigenvalue weighted by molar-refractivity contribution is 5.86. The van der Waals surface area contributed by atoms with Gasteiger partial charge >= 0.3 is 6.09 Å². The largest absolute Gasteiger partial charge is 0.448 e. The van der Waals surface area contributed by atoms with Gasteiger partial charge in [0.25, 0.3) is 0 Å². The molecule has 1 aliphatic rings. The molecule has 0 saturated carbocycles. The maximum Gasteiger partial charge on any atom is 0.411 e. The van der Waals surface area contributed by atoms with Gasteiger partial charge in [0.2, 0.25) is 5.95 Å². The van der Waals surface area contributed by atoms with Crippen molar-refractivity contribution in [3.05, 3.63) is 151 Å². The molecule has 6 rings (SSSR count). The Morgan fingerprint density at radius 3 is 2.17 bits per heavy atom. The Hall–Kier alpha value is -5.57. The second-order valence-electron chi connectivity index (χ2n) is 11.1. The summed E-state index contributed by atoms with van der Waals surface area (Å²) in [6.07, 6.45) is 4.58. The fourth-order valence-corrected chi connectivity index (χ4v) is 5.72. The smallest absolute Gasteiger partial charge is 0.411 e. The molecule has 0 fully saturated rings. The summed E-state index contributed by atoms with van der Waals surface area (Å²) >= 11 is 0. The van der Waals surface area contributed by atoms with Gasteiger partial charge in [0.1, 0.15) is 6.61 Å². The van der Waals surface area contributed by atoms with E-state index in [9.17, 15) is 4.79 Å². The van der Waals surface area contributed by atoms with E-state index >= 15 is 0 Å². The number of aromatic nitrogens is 2. The van der Waals surface area contributed by atoms with E-state index in [0.717, 1.165) is 33.5 Å². The van der Waals surface area contributed by atoms with Gasteiger partial charge in [-0.15, -0.1) is 13.2 Å². The van der Waals surface area contributed by atoms with E-state index in [1.54, 1.807) is 18.3 Å². The van der Waals surface area contributed by atoms with Crippen molar-refractivity contribution >= 4 is 23.4 Å². The number of hydrogen-bond acceptors (Lipinski definition) is 7. The van der Waals surface area contributed by atoms with Crippen molar-refractivity contribution in [1.29, 1.82) is 0 Å². The van der Waals surface area contributed by atoms with Gasteiger partial charge in [-0.3, -0.25) is 5.32 Å². The van der Waals surface area contributed by atoms with Crippen LogP contribution >= 0.6 is 0 Å². The predicted octanol–water partition coefficient (Wildman–Crippen LogP) is 8.65. The highest BCUT2D eigenvalue weighted by atomic mass is 16.5. The summed E-state index contributed by atoms with van der Waals surface area (Å²) in [5.74, 6) is 0.376. The Bertz CT molecular complexity index is 1840. The lowest BCUT2D eigenvalue weighted by Gasteiger charge is -2.16. The minimum atomic E-state index is -0.544. The third kappa shape index (κ3) is 7.81. The molecule has 0 bridgehead atoms. The third-order valence-electron chi connectivity index (χ3n) is 7.73. The van der Waals surface area contributed by atoms with Crippen molar-refractivity contribution in [2.24, 2.45) is 0 Å². The summed E-state index contributed by atoms with van der Waals surface area (Å²) in [6.45, 7) is 9.32. The van der Waals surface area contributed by atoms with Crippen LogP contribution < -0.4 is 10.6 Å². The van der Waals surface area contributed by atoms with Gasteiger partial charge in [0.15, 0.2) is 0 Å². The van der Waals surface area contributed by atoms with Crippen LogP contribution in [0, 0.1) is 0 Å². The summed E-state index contributed by atoms with van der Waals surface area (Å²) in [7, 11) is 0. The Kier molecular flexibility index (Phi) is 10.1. The van der Waals surface area contributed by atoms with Crippen molar-refractivity contribution in [3.63, 3.8) is 0 Å². The number of amides is 1. The number of carbonyl (C=O) groups is 1. The summed E-state index contributed by atoms with van der Waals surface area (Å²) in [6, 6.07) is 32.0. The lowest BCUT2D eigenvalue weighted by Crippen LogP contribution is -2.18. The number of rotatable bonds is 14. The Morgan fingerprint density at radius 2 is 1.45 bits per heavy atom. The molecule has 0 aliphatic heterocycles. The van der Waals surface area contributed by atoms with Gasteiger partial charge in [-0.05, 0) is 63.7 Å². The Labute approximate surface area is 274 Å². The molecule has 1 aliphatic carbocycles. The van der Waals surface area contributed by atoms with E-state index in [0.29, 0.717) is 43.8 Å². The molecule has 0 atom stereocenters. The van der Waals surface area contributed by atoms with Crippen LogP contribution in [0.1, 0.15) is 28.2 Å². The number of fused-ring (bicyclic) bond motifs is 3. The summed E-state index contributed by atoms with van der Waals surface area (Å²) in [5.41, 5.74) is 9.48. The molecule has 1 aromatic heterocycles. The molecular formula is C39H36N4O4. The third-order valence-corrected chi connectivity index (χ3v) is 7.73. The molecule has 1 amide bonds. The van der Waals surface area contributed by atoms with Crippen LogP contribution in [-0.4, -0.2) is 35.9 Å². The van der Waals surface area contributed by atoms with E-state index in [2.05, 4.69) is 53.0 Å². The molecule has 47 heavy (non-hydrogen) atoms. The van der Waals surface area contributed by atoms with Crippen LogP contribution in [0.15, 0.2) is 129 Å². The molecule has 5 aromatic rings. The second-order valence-corrected chi connectivity index (χ2v) is 11.1. The van der Waals surface area contributed by atoms with E-state index in [1.165, 1.54) is 11.1 Å². The van der Waals surface area contributed by atoms with Crippen LogP contribution in [0.4, 0.5) is 22.1 Å². The van der Waals surface area contributed by atoms with Crippen LogP contribution in [0.2, 0.25) is 0 Å². The van der Waals surface area contributed by atoms with Crippen molar-refractivity contribution in [2.45, 2.75) is 19.1 Å². The first kappa shape index (κ1) is 31.4. The zero-order chi connectivity index (χ0) is 32.4. The molecule has 0 radical (unpaired) electrons. The first-order valence-corrected chi connectivity index (χ1v) is 15.4. The van der Waals surface area contributed by atoms with Crippen LogP contribution in [-0.2, 0) is 27.4 Å². The SMILES string of the molecule is C=CCOCc1cc(NC(=O)OCC2c3ccccc3-c3ccccc32)cc(Nc2nccc(-c3cccc(COCC=C)c3)n2)c1. The van der Waals surface area contributed by atoms with Crippen molar-refractivity contribution in [3.8, 4) is 22.4 Å². The number of anilines is 3. The van der Waals surface area contributed by atoms with Crippen molar-refractivity contribution < 1.29 is 19.0 Å². The molecule has 4 aromatic carbocycles. The van der Waals surface area contributed by atoms with E-state index in [4.69, 9.17) is 19.2 Å². The van der Waals surface area contributed by atoms with E-state index in [-0.39, 0.29) is 12.5 Å². The summed E-state index contributed by atoms with van der Waals surface area (Å²) in [5, 5.41) is 6.19. The molecule has 8 heteroatoms. The molecule has 1 heterocycles.